The Bertz CT molecular complexity index is 966. The molecule has 3 rings (SSSR count). The first-order chi connectivity index (χ1) is 14.9. The zero-order valence-electron chi connectivity index (χ0n) is 17.8. The molecule has 0 radical (unpaired) electrons. The number of ether oxygens (including phenoxy) is 3. The van der Waals surface area contributed by atoms with Crippen LogP contribution in [0.1, 0.15) is 12.5 Å². The van der Waals surface area contributed by atoms with Crippen LogP contribution in [0.4, 0.5) is 11.4 Å². The minimum Gasteiger partial charge on any atom is -0.495 e. The molecule has 0 bridgehead atoms. The van der Waals surface area contributed by atoms with E-state index in [0.29, 0.717) is 53.4 Å². The van der Waals surface area contributed by atoms with Crippen molar-refractivity contribution in [2.45, 2.75) is 13.8 Å². The van der Waals surface area contributed by atoms with E-state index in [9.17, 15) is 9.59 Å². The van der Waals surface area contributed by atoms with Crippen molar-refractivity contribution in [2.24, 2.45) is 0 Å². The van der Waals surface area contributed by atoms with E-state index in [4.69, 9.17) is 25.8 Å². The fourth-order valence-corrected chi connectivity index (χ4v) is 3.28. The van der Waals surface area contributed by atoms with Crippen LogP contribution in [0.2, 0.25) is 5.02 Å². The number of rotatable bonds is 8. The van der Waals surface area contributed by atoms with Crippen molar-refractivity contribution < 1.29 is 23.8 Å². The van der Waals surface area contributed by atoms with Crippen LogP contribution in [0.5, 0.6) is 17.2 Å². The maximum atomic E-state index is 12.5. The molecule has 2 N–H and O–H groups in total. The molecule has 2 aromatic rings. The van der Waals surface area contributed by atoms with E-state index in [2.05, 4.69) is 10.6 Å². The zero-order chi connectivity index (χ0) is 22.4. The Labute approximate surface area is 186 Å². The molecule has 0 spiro atoms. The van der Waals surface area contributed by atoms with Gasteiger partial charge in [-0.2, -0.15) is 0 Å². The lowest BCUT2D eigenvalue weighted by molar-refractivity contribution is -0.119. The minimum atomic E-state index is -0.256. The van der Waals surface area contributed by atoms with Crippen molar-refractivity contribution in [3.63, 3.8) is 0 Å². The van der Waals surface area contributed by atoms with Gasteiger partial charge in [0, 0.05) is 22.8 Å². The SMILES string of the molecule is CCN(CC(=O)Nc1ccc2c(c1)OCCO2)CC(=O)Nc1cc(C)c(Cl)cc1OC. The molecule has 9 heteroatoms. The second kappa shape index (κ2) is 10.4. The highest BCUT2D eigenvalue weighted by atomic mass is 35.5. The summed E-state index contributed by atoms with van der Waals surface area (Å²) in [4.78, 5) is 26.8. The lowest BCUT2D eigenvalue weighted by Gasteiger charge is -2.21. The van der Waals surface area contributed by atoms with Crippen LogP contribution < -0.4 is 24.8 Å². The molecule has 8 nitrogen and oxygen atoms in total. The lowest BCUT2D eigenvalue weighted by Crippen LogP contribution is -2.38. The quantitative estimate of drug-likeness (QED) is 0.645. The molecule has 166 valence electrons. The van der Waals surface area contributed by atoms with Gasteiger partial charge in [-0.3, -0.25) is 14.5 Å². The minimum absolute atomic E-state index is 0.0515. The molecule has 1 aliphatic rings. The Hall–Kier alpha value is -2.97. The van der Waals surface area contributed by atoms with Crippen molar-refractivity contribution >= 4 is 34.8 Å². The number of hydrogen-bond acceptors (Lipinski definition) is 6. The number of carbonyl (C=O) groups excluding carboxylic acids is 2. The van der Waals surface area contributed by atoms with Crippen molar-refractivity contribution in [2.75, 3.05) is 50.6 Å². The molecule has 0 aliphatic carbocycles. The summed E-state index contributed by atoms with van der Waals surface area (Å²) in [6.07, 6.45) is 0. The molecule has 1 heterocycles. The third-order valence-electron chi connectivity index (χ3n) is 4.76. The highest BCUT2D eigenvalue weighted by Gasteiger charge is 2.17. The van der Waals surface area contributed by atoms with E-state index in [1.54, 1.807) is 35.2 Å². The highest BCUT2D eigenvalue weighted by Crippen LogP contribution is 2.33. The second-order valence-corrected chi connectivity index (χ2v) is 7.47. The van der Waals surface area contributed by atoms with Gasteiger partial charge in [-0.15, -0.1) is 0 Å². The van der Waals surface area contributed by atoms with Gasteiger partial charge in [-0.25, -0.2) is 0 Å². The predicted molar refractivity (Wildman–Crippen MR) is 120 cm³/mol. The van der Waals surface area contributed by atoms with Gasteiger partial charge in [-0.1, -0.05) is 18.5 Å². The van der Waals surface area contributed by atoms with Crippen LogP contribution in [-0.2, 0) is 9.59 Å². The molecule has 0 aromatic heterocycles. The van der Waals surface area contributed by atoms with E-state index >= 15 is 0 Å². The summed E-state index contributed by atoms with van der Waals surface area (Å²) in [5.74, 6) is 1.25. The highest BCUT2D eigenvalue weighted by molar-refractivity contribution is 6.31. The first kappa shape index (κ1) is 22.7. The van der Waals surface area contributed by atoms with Gasteiger partial charge in [-0.05, 0) is 37.2 Å². The number of benzene rings is 2. The van der Waals surface area contributed by atoms with Crippen LogP contribution in [0, 0.1) is 6.92 Å². The molecule has 0 unspecified atom stereocenters. The summed E-state index contributed by atoms with van der Waals surface area (Å²) >= 11 is 6.11. The monoisotopic (exact) mass is 447 g/mol. The summed E-state index contributed by atoms with van der Waals surface area (Å²) in [6, 6.07) is 8.65. The average molecular weight is 448 g/mol. The van der Waals surface area contributed by atoms with Gasteiger partial charge >= 0.3 is 0 Å². The first-order valence-corrected chi connectivity index (χ1v) is 10.3. The number of likely N-dealkylation sites (N-methyl/N-ethyl adjacent to an activating group) is 1. The van der Waals surface area contributed by atoms with Crippen LogP contribution in [0.25, 0.3) is 0 Å². The van der Waals surface area contributed by atoms with Crippen LogP contribution in [-0.4, -0.2) is 56.7 Å². The summed E-state index contributed by atoms with van der Waals surface area (Å²) < 4.78 is 16.3. The van der Waals surface area contributed by atoms with E-state index < -0.39 is 0 Å². The number of amides is 2. The van der Waals surface area contributed by atoms with Gasteiger partial charge in [0.15, 0.2) is 11.5 Å². The zero-order valence-corrected chi connectivity index (χ0v) is 18.5. The Kier molecular flexibility index (Phi) is 7.59. The average Bonchev–Trinajstić information content (AvgIpc) is 2.75. The van der Waals surface area contributed by atoms with Crippen molar-refractivity contribution in [1.29, 1.82) is 0 Å². The molecule has 2 amide bonds. The molecule has 0 atom stereocenters. The Morgan fingerprint density at radius 3 is 2.42 bits per heavy atom. The van der Waals surface area contributed by atoms with Crippen LogP contribution >= 0.6 is 11.6 Å². The normalized spacial score (nSPS) is 12.4. The molecule has 1 aliphatic heterocycles. The molecule has 31 heavy (non-hydrogen) atoms. The lowest BCUT2D eigenvalue weighted by atomic mass is 10.2. The third kappa shape index (κ3) is 6.02. The van der Waals surface area contributed by atoms with Gasteiger partial charge < -0.3 is 24.8 Å². The summed E-state index contributed by atoms with van der Waals surface area (Å²) in [7, 11) is 1.51. The van der Waals surface area contributed by atoms with Gasteiger partial charge in [0.05, 0.1) is 25.9 Å². The summed E-state index contributed by atoms with van der Waals surface area (Å²) in [6.45, 7) is 5.36. The number of halogens is 1. The number of carbonyl (C=O) groups is 2. The third-order valence-corrected chi connectivity index (χ3v) is 5.17. The predicted octanol–water partition coefficient (Wildman–Crippen LogP) is 3.33. The largest absolute Gasteiger partial charge is 0.495 e. The summed E-state index contributed by atoms with van der Waals surface area (Å²) in [5, 5.41) is 6.21. The molecule has 0 fully saturated rings. The fraction of sp³-hybridized carbons (Fsp3) is 0.364. The molecule has 0 saturated carbocycles. The first-order valence-electron chi connectivity index (χ1n) is 9.95. The number of hydrogen-bond donors (Lipinski definition) is 2. The van der Waals surface area contributed by atoms with Crippen molar-refractivity contribution in [3.05, 3.63) is 40.9 Å². The van der Waals surface area contributed by atoms with Crippen LogP contribution in [0.3, 0.4) is 0 Å². The number of anilines is 2. The maximum absolute atomic E-state index is 12.5. The fourth-order valence-electron chi connectivity index (χ4n) is 3.13. The molecular weight excluding hydrogens is 422 g/mol. The number of methoxy groups -OCH3 is 1. The molecule has 0 saturated heterocycles. The van der Waals surface area contributed by atoms with E-state index in [1.807, 2.05) is 13.8 Å². The maximum Gasteiger partial charge on any atom is 0.238 e. The van der Waals surface area contributed by atoms with Gasteiger partial charge in [0.25, 0.3) is 0 Å². The number of nitrogens with one attached hydrogen (secondary N) is 2. The summed E-state index contributed by atoms with van der Waals surface area (Å²) in [5.41, 5.74) is 1.96. The Balaban J connectivity index is 1.57. The van der Waals surface area contributed by atoms with Crippen LogP contribution in [0.15, 0.2) is 30.3 Å². The van der Waals surface area contributed by atoms with E-state index in [-0.39, 0.29) is 24.9 Å². The van der Waals surface area contributed by atoms with Crippen molar-refractivity contribution in [3.8, 4) is 17.2 Å². The second-order valence-electron chi connectivity index (χ2n) is 7.06. The number of nitrogens with zero attached hydrogens (tertiary/aromatic N) is 1. The smallest absolute Gasteiger partial charge is 0.238 e. The van der Waals surface area contributed by atoms with E-state index in [1.165, 1.54) is 7.11 Å². The Morgan fingerprint density at radius 1 is 1.06 bits per heavy atom. The Morgan fingerprint density at radius 2 is 1.74 bits per heavy atom. The topological polar surface area (TPSA) is 89.1 Å². The van der Waals surface area contributed by atoms with E-state index in [0.717, 1.165) is 5.56 Å². The standard InChI is InChI=1S/C22H26ClN3O5/c1-4-26(13-22(28)25-17-9-14(2)16(23)11-19(17)29-3)12-21(27)24-15-5-6-18-20(10-15)31-8-7-30-18/h5-6,9-11H,4,7-8,12-13H2,1-3H3,(H,24,27)(H,25,28). The molecule has 2 aromatic carbocycles. The number of aryl methyl sites for hydroxylation is 1. The van der Waals surface area contributed by atoms with Gasteiger partial charge in [0.1, 0.15) is 19.0 Å². The van der Waals surface area contributed by atoms with Gasteiger partial charge in [0.2, 0.25) is 11.8 Å². The number of fused-ring (bicyclic) bond motifs is 1. The molecular formula is C22H26ClN3O5. The van der Waals surface area contributed by atoms with Crippen molar-refractivity contribution in [1.82, 2.24) is 4.90 Å².